The molecule has 0 saturated carbocycles. The third-order valence-electron chi connectivity index (χ3n) is 2.15. The monoisotopic (exact) mass is 259 g/mol. The van der Waals surface area contributed by atoms with Gasteiger partial charge in [-0.2, -0.15) is 0 Å². The SMILES string of the molecule is CCCOC(=O)C(CCC)NC(=O)OCC(C)C. The van der Waals surface area contributed by atoms with Gasteiger partial charge in [0.15, 0.2) is 0 Å². The lowest BCUT2D eigenvalue weighted by Gasteiger charge is -2.17. The molecule has 1 N–H and O–H groups in total. The minimum atomic E-state index is -0.610. The summed E-state index contributed by atoms with van der Waals surface area (Å²) in [4.78, 5) is 23.1. The summed E-state index contributed by atoms with van der Waals surface area (Å²) in [7, 11) is 0. The molecular formula is C13H25NO4. The zero-order valence-corrected chi connectivity index (χ0v) is 11.8. The zero-order chi connectivity index (χ0) is 14.0. The number of hydrogen-bond donors (Lipinski definition) is 1. The molecule has 18 heavy (non-hydrogen) atoms. The van der Waals surface area contributed by atoms with E-state index >= 15 is 0 Å². The number of esters is 1. The molecule has 0 aromatic heterocycles. The van der Waals surface area contributed by atoms with Crippen LogP contribution in [0, 0.1) is 5.92 Å². The normalized spacial score (nSPS) is 12.1. The van der Waals surface area contributed by atoms with Gasteiger partial charge in [-0.3, -0.25) is 0 Å². The Hall–Kier alpha value is -1.26. The summed E-state index contributed by atoms with van der Waals surface area (Å²) in [6.45, 7) is 8.49. The van der Waals surface area contributed by atoms with Gasteiger partial charge in [-0.25, -0.2) is 9.59 Å². The van der Waals surface area contributed by atoms with Crippen LogP contribution in [0.3, 0.4) is 0 Å². The van der Waals surface area contributed by atoms with Gasteiger partial charge in [-0.05, 0) is 18.8 Å². The lowest BCUT2D eigenvalue weighted by molar-refractivity contribution is -0.146. The maximum atomic E-state index is 11.7. The molecule has 0 spiro atoms. The van der Waals surface area contributed by atoms with Gasteiger partial charge in [0.25, 0.3) is 0 Å². The minimum Gasteiger partial charge on any atom is -0.464 e. The van der Waals surface area contributed by atoms with Gasteiger partial charge in [0.2, 0.25) is 0 Å². The standard InChI is InChI=1S/C13H25NO4/c1-5-7-11(12(15)17-8-6-2)14-13(16)18-9-10(3)4/h10-11H,5-9H2,1-4H3,(H,14,16). The Morgan fingerprint density at radius 2 is 1.78 bits per heavy atom. The van der Waals surface area contributed by atoms with Gasteiger partial charge >= 0.3 is 12.1 Å². The van der Waals surface area contributed by atoms with Crippen LogP contribution in [-0.4, -0.2) is 31.3 Å². The Labute approximate surface area is 109 Å². The van der Waals surface area contributed by atoms with Crippen molar-refractivity contribution in [1.29, 1.82) is 0 Å². The smallest absolute Gasteiger partial charge is 0.407 e. The van der Waals surface area contributed by atoms with Crippen LogP contribution in [0.15, 0.2) is 0 Å². The van der Waals surface area contributed by atoms with Crippen LogP contribution in [0.2, 0.25) is 0 Å². The van der Waals surface area contributed by atoms with E-state index in [2.05, 4.69) is 5.32 Å². The molecule has 0 saturated heterocycles. The molecule has 0 heterocycles. The average Bonchev–Trinajstić information content (AvgIpc) is 2.32. The van der Waals surface area contributed by atoms with Gasteiger partial charge in [0, 0.05) is 0 Å². The van der Waals surface area contributed by atoms with Crippen LogP contribution in [-0.2, 0) is 14.3 Å². The quantitative estimate of drug-likeness (QED) is 0.680. The Morgan fingerprint density at radius 1 is 1.11 bits per heavy atom. The Balaban J connectivity index is 4.16. The van der Waals surface area contributed by atoms with E-state index in [9.17, 15) is 9.59 Å². The Morgan fingerprint density at radius 3 is 2.28 bits per heavy atom. The van der Waals surface area contributed by atoms with Gasteiger partial charge < -0.3 is 14.8 Å². The van der Waals surface area contributed by atoms with Crippen molar-refractivity contribution in [2.75, 3.05) is 13.2 Å². The molecule has 5 nitrogen and oxygen atoms in total. The molecule has 0 radical (unpaired) electrons. The summed E-state index contributed by atoms with van der Waals surface area (Å²) in [6.07, 6.45) is 1.55. The van der Waals surface area contributed by atoms with Crippen molar-refractivity contribution in [3.8, 4) is 0 Å². The number of amides is 1. The Kier molecular flexibility index (Phi) is 9.06. The summed E-state index contributed by atoms with van der Waals surface area (Å²) in [6, 6.07) is -0.610. The average molecular weight is 259 g/mol. The second kappa shape index (κ2) is 9.74. The van der Waals surface area contributed by atoms with Gasteiger partial charge in [0.05, 0.1) is 13.2 Å². The third-order valence-corrected chi connectivity index (χ3v) is 2.15. The summed E-state index contributed by atoms with van der Waals surface area (Å²) in [5.74, 6) is -0.118. The van der Waals surface area contributed by atoms with E-state index in [1.165, 1.54) is 0 Å². The molecule has 106 valence electrons. The number of carbonyl (C=O) groups excluding carboxylic acids is 2. The third kappa shape index (κ3) is 7.92. The van der Waals surface area contributed by atoms with Crippen LogP contribution in [0.4, 0.5) is 4.79 Å². The first-order valence-electron chi connectivity index (χ1n) is 6.61. The second-order valence-corrected chi connectivity index (χ2v) is 4.65. The van der Waals surface area contributed by atoms with E-state index in [1.807, 2.05) is 27.7 Å². The van der Waals surface area contributed by atoms with Crippen molar-refractivity contribution < 1.29 is 19.1 Å². The summed E-state index contributed by atoms with van der Waals surface area (Å²) >= 11 is 0. The molecule has 0 rings (SSSR count). The largest absolute Gasteiger partial charge is 0.464 e. The number of ether oxygens (including phenoxy) is 2. The van der Waals surface area contributed by atoms with Crippen molar-refractivity contribution in [1.82, 2.24) is 5.32 Å². The summed E-state index contributed by atoms with van der Waals surface area (Å²) in [5.41, 5.74) is 0. The van der Waals surface area contributed by atoms with Crippen molar-refractivity contribution in [2.45, 2.75) is 53.0 Å². The predicted octanol–water partition coefficient (Wildman–Crippen LogP) is 2.49. The lowest BCUT2D eigenvalue weighted by Crippen LogP contribution is -2.42. The van der Waals surface area contributed by atoms with Crippen LogP contribution in [0.5, 0.6) is 0 Å². The molecule has 0 aromatic carbocycles. The minimum absolute atomic E-state index is 0.271. The number of nitrogens with one attached hydrogen (secondary N) is 1. The van der Waals surface area contributed by atoms with E-state index in [4.69, 9.17) is 9.47 Å². The fourth-order valence-corrected chi connectivity index (χ4v) is 1.27. The molecule has 0 fully saturated rings. The van der Waals surface area contributed by atoms with Crippen LogP contribution in [0.1, 0.15) is 47.0 Å². The van der Waals surface area contributed by atoms with Crippen molar-refractivity contribution >= 4 is 12.1 Å². The van der Waals surface area contributed by atoms with Crippen LogP contribution in [0.25, 0.3) is 0 Å². The van der Waals surface area contributed by atoms with Crippen LogP contribution >= 0.6 is 0 Å². The topological polar surface area (TPSA) is 64.6 Å². The predicted molar refractivity (Wildman–Crippen MR) is 69.3 cm³/mol. The van der Waals surface area contributed by atoms with Gasteiger partial charge in [-0.1, -0.05) is 34.1 Å². The Bertz CT molecular complexity index is 253. The lowest BCUT2D eigenvalue weighted by atomic mass is 10.2. The maximum absolute atomic E-state index is 11.7. The highest BCUT2D eigenvalue weighted by Crippen LogP contribution is 2.02. The molecule has 0 aliphatic carbocycles. The van der Waals surface area contributed by atoms with Crippen molar-refractivity contribution in [3.05, 3.63) is 0 Å². The first kappa shape index (κ1) is 16.7. The first-order chi connectivity index (χ1) is 8.51. The number of hydrogen-bond acceptors (Lipinski definition) is 4. The van der Waals surface area contributed by atoms with Crippen molar-refractivity contribution in [3.63, 3.8) is 0 Å². The van der Waals surface area contributed by atoms with E-state index in [1.54, 1.807) is 0 Å². The molecule has 0 aliphatic rings. The molecule has 0 aliphatic heterocycles. The summed E-state index contributed by atoms with van der Waals surface area (Å²) < 4.78 is 10.0. The molecule has 0 aromatic rings. The van der Waals surface area contributed by atoms with E-state index in [0.29, 0.717) is 19.6 Å². The van der Waals surface area contributed by atoms with Gasteiger partial charge in [-0.15, -0.1) is 0 Å². The maximum Gasteiger partial charge on any atom is 0.407 e. The molecule has 5 heteroatoms. The number of carbonyl (C=O) groups is 2. The highest BCUT2D eigenvalue weighted by atomic mass is 16.6. The number of alkyl carbamates (subject to hydrolysis) is 1. The first-order valence-corrected chi connectivity index (χ1v) is 6.61. The second-order valence-electron chi connectivity index (χ2n) is 4.65. The molecule has 1 amide bonds. The molecular weight excluding hydrogens is 234 g/mol. The van der Waals surface area contributed by atoms with E-state index < -0.39 is 12.1 Å². The van der Waals surface area contributed by atoms with Crippen molar-refractivity contribution in [2.24, 2.45) is 5.92 Å². The molecule has 1 unspecified atom stereocenters. The highest BCUT2D eigenvalue weighted by Gasteiger charge is 2.21. The molecule has 1 atom stereocenters. The number of rotatable bonds is 8. The van der Waals surface area contributed by atoms with E-state index in [-0.39, 0.29) is 11.9 Å². The zero-order valence-electron chi connectivity index (χ0n) is 11.8. The fraction of sp³-hybridized carbons (Fsp3) is 0.846. The highest BCUT2D eigenvalue weighted by molar-refractivity contribution is 5.81. The fourth-order valence-electron chi connectivity index (χ4n) is 1.27. The van der Waals surface area contributed by atoms with Gasteiger partial charge in [0.1, 0.15) is 6.04 Å². The summed E-state index contributed by atoms with van der Waals surface area (Å²) in [5, 5.41) is 2.55. The molecule has 0 bridgehead atoms. The van der Waals surface area contributed by atoms with Crippen LogP contribution < -0.4 is 5.32 Å². The van der Waals surface area contributed by atoms with E-state index in [0.717, 1.165) is 12.8 Å².